The topological polar surface area (TPSA) is 36.3 Å². The van der Waals surface area contributed by atoms with Crippen molar-refractivity contribution < 1.29 is 9.47 Å². The summed E-state index contributed by atoms with van der Waals surface area (Å²) in [6, 6.07) is 6.02. The second kappa shape index (κ2) is 6.02. The number of nitrogens with zero attached hydrogens (tertiary/aromatic N) is 2. The van der Waals surface area contributed by atoms with Crippen LogP contribution in [-0.2, 0) is 17.2 Å². The molecule has 20 heavy (non-hydrogen) atoms. The van der Waals surface area contributed by atoms with Gasteiger partial charge in [-0.05, 0) is 31.9 Å². The van der Waals surface area contributed by atoms with Gasteiger partial charge >= 0.3 is 0 Å². The lowest BCUT2D eigenvalue weighted by molar-refractivity contribution is 0.0974. The summed E-state index contributed by atoms with van der Waals surface area (Å²) in [5.74, 6) is 2.10. The van der Waals surface area contributed by atoms with E-state index in [9.17, 15) is 0 Å². The minimum Gasteiger partial charge on any atom is -0.492 e. The van der Waals surface area contributed by atoms with Crippen molar-refractivity contribution in [3.8, 4) is 5.75 Å². The summed E-state index contributed by atoms with van der Waals surface area (Å²) >= 11 is 6.05. The molecule has 5 heteroatoms. The van der Waals surface area contributed by atoms with E-state index in [-0.39, 0.29) is 6.10 Å². The van der Waals surface area contributed by atoms with Gasteiger partial charge in [0.05, 0.1) is 30.7 Å². The second-order valence-electron chi connectivity index (χ2n) is 4.96. The van der Waals surface area contributed by atoms with Gasteiger partial charge in [-0.2, -0.15) is 0 Å². The van der Waals surface area contributed by atoms with E-state index in [0.29, 0.717) is 12.5 Å². The first-order chi connectivity index (χ1) is 9.83. The fourth-order valence-electron chi connectivity index (χ4n) is 2.74. The van der Waals surface area contributed by atoms with Crippen LogP contribution in [0.4, 0.5) is 0 Å². The largest absolute Gasteiger partial charge is 0.492 e. The maximum atomic E-state index is 6.05. The van der Waals surface area contributed by atoms with E-state index in [4.69, 9.17) is 21.1 Å². The first kappa shape index (κ1) is 13.7. The zero-order valence-corrected chi connectivity index (χ0v) is 12.4. The molecular weight excluding hydrogens is 276 g/mol. The number of alkyl halides is 1. The van der Waals surface area contributed by atoms with Crippen LogP contribution in [0.25, 0.3) is 11.0 Å². The molecule has 0 aliphatic carbocycles. The normalized spacial score (nSPS) is 18.8. The Morgan fingerprint density at radius 3 is 3.10 bits per heavy atom. The van der Waals surface area contributed by atoms with Crippen LogP contribution in [0.15, 0.2) is 18.2 Å². The van der Waals surface area contributed by atoms with Crippen molar-refractivity contribution in [2.24, 2.45) is 0 Å². The summed E-state index contributed by atoms with van der Waals surface area (Å²) in [5, 5.41) is 0. The molecule has 2 heterocycles. The van der Waals surface area contributed by atoms with E-state index < -0.39 is 0 Å². The monoisotopic (exact) mass is 294 g/mol. The summed E-state index contributed by atoms with van der Waals surface area (Å²) in [6.45, 7) is 4.28. The predicted octanol–water partition coefficient (Wildman–Crippen LogP) is 3.35. The first-order valence-corrected chi connectivity index (χ1v) is 7.65. The summed E-state index contributed by atoms with van der Waals surface area (Å²) in [6.07, 6.45) is 2.51. The molecule has 0 N–H and O–H groups in total. The van der Waals surface area contributed by atoms with Crippen molar-refractivity contribution in [1.82, 2.24) is 9.55 Å². The zero-order valence-electron chi connectivity index (χ0n) is 11.6. The highest BCUT2D eigenvalue weighted by Crippen LogP contribution is 2.28. The van der Waals surface area contributed by atoms with Crippen LogP contribution in [0.3, 0.4) is 0 Å². The number of hydrogen-bond donors (Lipinski definition) is 0. The third-order valence-electron chi connectivity index (χ3n) is 3.65. The highest BCUT2D eigenvalue weighted by Gasteiger charge is 2.20. The van der Waals surface area contributed by atoms with Gasteiger partial charge in [-0.3, -0.25) is 0 Å². The Kier molecular flexibility index (Phi) is 4.13. The number of rotatable bonds is 5. The summed E-state index contributed by atoms with van der Waals surface area (Å²) in [7, 11) is 0. The van der Waals surface area contributed by atoms with Crippen molar-refractivity contribution in [3.05, 3.63) is 24.0 Å². The van der Waals surface area contributed by atoms with Gasteiger partial charge in [-0.15, -0.1) is 11.6 Å². The fraction of sp³-hybridized carbons (Fsp3) is 0.533. The Morgan fingerprint density at radius 2 is 2.40 bits per heavy atom. The van der Waals surface area contributed by atoms with Crippen LogP contribution in [0.1, 0.15) is 25.6 Å². The van der Waals surface area contributed by atoms with E-state index in [2.05, 4.69) is 15.6 Å². The molecule has 0 radical (unpaired) electrons. The smallest absolute Gasteiger partial charge is 0.147 e. The molecule has 2 aromatic rings. The van der Waals surface area contributed by atoms with E-state index in [1.165, 1.54) is 0 Å². The predicted molar refractivity (Wildman–Crippen MR) is 79.4 cm³/mol. The number of hydrogen-bond acceptors (Lipinski definition) is 3. The lowest BCUT2D eigenvalue weighted by Gasteiger charge is -2.13. The quantitative estimate of drug-likeness (QED) is 0.794. The minimum absolute atomic E-state index is 0.269. The maximum absolute atomic E-state index is 6.05. The molecule has 1 atom stereocenters. The molecular formula is C15H19ClN2O2. The van der Waals surface area contributed by atoms with Crippen LogP contribution in [0.5, 0.6) is 5.75 Å². The highest BCUT2D eigenvalue weighted by molar-refractivity contribution is 6.16. The Hall–Kier alpha value is -1.26. The molecule has 4 nitrogen and oxygen atoms in total. The fourth-order valence-corrected chi connectivity index (χ4v) is 2.94. The lowest BCUT2D eigenvalue weighted by atomic mass is 10.2. The number of halogens is 1. The summed E-state index contributed by atoms with van der Waals surface area (Å²) in [4.78, 5) is 4.64. The average Bonchev–Trinajstić information content (AvgIpc) is 3.08. The lowest BCUT2D eigenvalue weighted by Crippen LogP contribution is -2.16. The number of fused-ring (bicyclic) bond motifs is 1. The van der Waals surface area contributed by atoms with Gasteiger partial charge in [0.25, 0.3) is 0 Å². The SMILES string of the molecule is CCOc1cccc2c1nc(CCl)n2CC1CCCO1. The molecule has 1 aromatic carbocycles. The molecule has 0 bridgehead atoms. The number of benzene rings is 1. The molecule has 1 saturated heterocycles. The molecule has 1 aromatic heterocycles. The molecule has 3 rings (SSSR count). The van der Waals surface area contributed by atoms with Gasteiger partial charge < -0.3 is 14.0 Å². The number of para-hydroxylation sites is 1. The summed E-state index contributed by atoms with van der Waals surface area (Å²) in [5.41, 5.74) is 1.96. The van der Waals surface area contributed by atoms with Gasteiger partial charge in [-0.1, -0.05) is 6.07 Å². The van der Waals surface area contributed by atoms with E-state index in [1.54, 1.807) is 0 Å². The van der Waals surface area contributed by atoms with E-state index in [1.807, 2.05) is 19.1 Å². The molecule has 1 fully saturated rings. The minimum atomic E-state index is 0.269. The van der Waals surface area contributed by atoms with Crippen molar-refractivity contribution in [2.45, 2.75) is 38.3 Å². The molecule has 0 spiro atoms. The Labute approximate surface area is 123 Å². The van der Waals surface area contributed by atoms with Gasteiger partial charge in [0.2, 0.25) is 0 Å². The van der Waals surface area contributed by atoms with Gasteiger partial charge in [0, 0.05) is 6.61 Å². The van der Waals surface area contributed by atoms with Crippen LogP contribution in [0, 0.1) is 0 Å². The van der Waals surface area contributed by atoms with Gasteiger partial charge in [0.15, 0.2) is 0 Å². The second-order valence-corrected chi connectivity index (χ2v) is 5.23. The van der Waals surface area contributed by atoms with Crippen molar-refractivity contribution in [3.63, 3.8) is 0 Å². The van der Waals surface area contributed by atoms with Crippen molar-refractivity contribution in [2.75, 3.05) is 13.2 Å². The first-order valence-electron chi connectivity index (χ1n) is 7.12. The molecule has 1 aliphatic rings. The molecule has 1 aliphatic heterocycles. The van der Waals surface area contributed by atoms with Crippen LogP contribution in [-0.4, -0.2) is 28.9 Å². The Bertz CT molecular complexity index is 591. The van der Waals surface area contributed by atoms with Crippen molar-refractivity contribution >= 4 is 22.6 Å². The zero-order chi connectivity index (χ0) is 13.9. The van der Waals surface area contributed by atoms with Crippen molar-refractivity contribution in [1.29, 1.82) is 0 Å². The number of ether oxygens (including phenoxy) is 2. The molecule has 108 valence electrons. The average molecular weight is 295 g/mol. The van der Waals surface area contributed by atoms with Gasteiger partial charge in [-0.25, -0.2) is 4.98 Å². The standard InChI is InChI=1S/C15H19ClN2O2/c1-2-19-13-7-3-6-12-15(13)17-14(9-16)18(12)10-11-5-4-8-20-11/h3,6-7,11H,2,4-5,8-10H2,1H3. The third-order valence-corrected chi connectivity index (χ3v) is 3.89. The molecule has 1 unspecified atom stereocenters. The van der Waals surface area contributed by atoms with E-state index >= 15 is 0 Å². The highest BCUT2D eigenvalue weighted by atomic mass is 35.5. The van der Waals surface area contributed by atoms with Crippen LogP contribution in [0.2, 0.25) is 0 Å². The summed E-state index contributed by atoms with van der Waals surface area (Å²) < 4.78 is 13.5. The number of aromatic nitrogens is 2. The maximum Gasteiger partial charge on any atom is 0.147 e. The molecule has 0 saturated carbocycles. The molecule has 0 amide bonds. The van der Waals surface area contributed by atoms with Gasteiger partial charge in [0.1, 0.15) is 17.1 Å². The van der Waals surface area contributed by atoms with Crippen LogP contribution >= 0.6 is 11.6 Å². The third kappa shape index (κ3) is 2.50. The Balaban J connectivity index is 2.02. The Morgan fingerprint density at radius 1 is 1.50 bits per heavy atom. The van der Waals surface area contributed by atoms with E-state index in [0.717, 1.165) is 48.6 Å². The number of imidazole rings is 1. The van der Waals surface area contributed by atoms with Crippen LogP contribution < -0.4 is 4.74 Å².